The quantitative estimate of drug-likeness (QED) is 0.399. The Bertz CT molecular complexity index is 1350. The predicted molar refractivity (Wildman–Crippen MR) is 127 cm³/mol. The van der Waals surface area contributed by atoms with Gasteiger partial charge in [-0.2, -0.15) is 0 Å². The Morgan fingerprint density at radius 1 is 1.16 bits per heavy atom. The smallest absolute Gasteiger partial charge is 0.258 e. The largest absolute Gasteiger partial charge is 0.497 e. The molecular weight excluding hydrogens is 431 g/mol. The van der Waals surface area contributed by atoms with E-state index in [1.807, 2.05) is 37.3 Å². The number of ether oxygens (including phenoxy) is 1. The van der Waals surface area contributed by atoms with Crippen molar-refractivity contribution < 1.29 is 9.13 Å². The van der Waals surface area contributed by atoms with Gasteiger partial charge in [0.25, 0.3) is 5.56 Å². The summed E-state index contributed by atoms with van der Waals surface area (Å²) in [6, 6.07) is 13.8. The minimum atomic E-state index is -0.621. The molecule has 164 valence electrons. The van der Waals surface area contributed by atoms with E-state index < -0.39 is 5.82 Å². The van der Waals surface area contributed by atoms with Crippen molar-refractivity contribution in [3.63, 3.8) is 0 Å². The molecule has 4 rings (SSSR count). The molecule has 0 fully saturated rings. The SMILES string of the molecule is CCn1c(=O)c(-c2cc(N)c(F)cc2Cl)cc2cnc(NCc3ccc(OC)cc3)cc21. The van der Waals surface area contributed by atoms with E-state index in [1.165, 1.54) is 6.07 Å². The molecule has 2 aromatic heterocycles. The number of rotatable bonds is 6. The molecule has 0 aliphatic rings. The highest BCUT2D eigenvalue weighted by atomic mass is 35.5. The van der Waals surface area contributed by atoms with E-state index in [4.69, 9.17) is 22.1 Å². The van der Waals surface area contributed by atoms with Gasteiger partial charge in [0.15, 0.2) is 0 Å². The number of pyridine rings is 2. The van der Waals surface area contributed by atoms with Crippen LogP contribution in [0.2, 0.25) is 5.02 Å². The molecule has 3 N–H and O–H groups in total. The Labute approximate surface area is 189 Å². The number of nitrogens with zero attached hydrogens (tertiary/aromatic N) is 2. The van der Waals surface area contributed by atoms with Crippen LogP contribution in [-0.4, -0.2) is 16.7 Å². The Hall–Kier alpha value is -3.58. The van der Waals surface area contributed by atoms with Gasteiger partial charge in [0.1, 0.15) is 17.4 Å². The van der Waals surface area contributed by atoms with Crippen LogP contribution in [-0.2, 0) is 13.1 Å². The molecule has 2 heterocycles. The molecular formula is C24H22ClFN4O2. The highest BCUT2D eigenvalue weighted by molar-refractivity contribution is 6.33. The third-order valence-electron chi connectivity index (χ3n) is 5.30. The van der Waals surface area contributed by atoms with Gasteiger partial charge < -0.3 is 20.4 Å². The molecule has 32 heavy (non-hydrogen) atoms. The lowest BCUT2D eigenvalue weighted by molar-refractivity contribution is 0.414. The van der Waals surface area contributed by atoms with Crippen LogP contribution >= 0.6 is 11.6 Å². The third-order valence-corrected chi connectivity index (χ3v) is 5.62. The van der Waals surface area contributed by atoms with Crippen molar-refractivity contribution in [3.05, 3.63) is 81.5 Å². The molecule has 0 spiro atoms. The van der Waals surface area contributed by atoms with Crippen LogP contribution in [0.4, 0.5) is 15.9 Å². The van der Waals surface area contributed by atoms with E-state index in [1.54, 1.807) is 23.9 Å². The third kappa shape index (κ3) is 4.11. The average Bonchev–Trinajstić information content (AvgIpc) is 2.80. The number of nitrogens with one attached hydrogen (secondary N) is 1. The summed E-state index contributed by atoms with van der Waals surface area (Å²) in [5.74, 6) is 0.819. The molecule has 0 aliphatic heterocycles. The van der Waals surface area contributed by atoms with Gasteiger partial charge in [0, 0.05) is 41.9 Å². The van der Waals surface area contributed by atoms with E-state index in [0.717, 1.165) is 28.3 Å². The van der Waals surface area contributed by atoms with Gasteiger partial charge >= 0.3 is 0 Å². The van der Waals surface area contributed by atoms with Crippen LogP contribution < -0.4 is 21.3 Å². The number of hydrogen-bond donors (Lipinski definition) is 2. The minimum absolute atomic E-state index is 0.0665. The van der Waals surface area contributed by atoms with Gasteiger partial charge in [-0.25, -0.2) is 9.37 Å². The van der Waals surface area contributed by atoms with Crippen molar-refractivity contribution in [1.82, 2.24) is 9.55 Å². The first kappa shape index (κ1) is 21.6. The maximum absolute atomic E-state index is 13.7. The fourth-order valence-corrected chi connectivity index (χ4v) is 3.84. The molecule has 0 radical (unpaired) electrons. The lowest BCUT2D eigenvalue weighted by Crippen LogP contribution is -2.21. The molecule has 0 aliphatic carbocycles. The maximum atomic E-state index is 13.7. The summed E-state index contributed by atoms with van der Waals surface area (Å²) in [7, 11) is 1.63. The maximum Gasteiger partial charge on any atom is 0.258 e. The van der Waals surface area contributed by atoms with Crippen LogP contribution in [0.25, 0.3) is 22.0 Å². The zero-order valence-electron chi connectivity index (χ0n) is 17.7. The molecule has 8 heteroatoms. The average molecular weight is 453 g/mol. The number of hydrogen-bond acceptors (Lipinski definition) is 5. The first-order valence-electron chi connectivity index (χ1n) is 10.1. The first-order valence-corrected chi connectivity index (χ1v) is 10.4. The molecule has 0 unspecified atom stereocenters. The number of methoxy groups -OCH3 is 1. The Balaban J connectivity index is 1.72. The van der Waals surface area contributed by atoms with Gasteiger partial charge in [0.2, 0.25) is 0 Å². The second-order valence-electron chi connectivity index (χ2n) is 7.29. The summed E-state index contributed by atoms with van der Waals surface area (Å²) in [6.07, 6.45) is 1.70. The second-order valence-corrected chi connectivity index (χ2v) is 7.70. The molecule has 6 nitrogen and oxygen atoms in total. The monoisotopic (exact) mass is 452 g/mol. The number of aromatic nitrogens is 2. The molecule has 0 atom stereocenters. The van der Waals surface area contributed by atoms with Crippen molar-refractivity contribution in [2.24, 2.45) is 0 Å². The summed E-state index contributed by atoms with van der Waals surface area (Å²) in [5, 5.41) is 4.17. The molecule has 4 aromatic rings. The van der Waals surface area contributed by atoms with E-state index >= 15 is 0 Å². The normalized spacial score (nSPS) is 11.0. The van der Waals surface area contributed by atoms with Crippen molar-refractivity contribution in [2.75, 3.05) is 18.2 Å². The fourth-order valence-electron chi connectivity index (χ4n) is 3.58. The zero-order valence-corrected chi connectivity index (χ0v) is 18.4. The van der Waals surface area contributed by atoms with E-state index in [9.17, 15) is 9.18 Å². The lowest BCUT2D eigenvalue weighted by atomic mass is 10.0. The Morgan fingerprint density at radius 3 is 2.59 bits per heavy atom. The zero-order chi connectivity index (χ0) is 22.8. The summed E-state index contributed by atoms with van der Waals surface area (Å²) in [6.45, 7) is 2.90. The minimum Gasteiger partial charge on any atom is -0.497 e. The van der Waals surface area contributed by atoms with Crippen LogP contribution in [0, 0.1) is 5.82 Å². The second kappa shape index (κ2) is 8.88. The summed E-state index contributed by atoms with van der Waals surface area (Å²) < 4.78 is 20.6. The fraction of sp³-hybridized carbons (Fsp3) is 0.167. The van der Waals surface area contributed by atoms with Crippen LogP contribution in [0.15, 0.2) is 59.5 Å². The van der Waals surface area contributed by atoms with Gasteiger partial charge in [-0.3, -0.25) is 4.79 Å². The number of nitrogen functional groups attached to an aromatic ring is 1. The topological polar surface area (TPSA) is 82.2 Å². The highest BCUT2D eigenvalue weighted by Crippen LogP contribution is 2.31. The number of halogens is 2. The van der Waals surface area contributed by atoms with E-state index in [0.29, 0.717) is 30.0 Å². The summed E-state index contributed by atoms with van der Waals surface area (Å²) >= 11 is 6.22. The van der Waals surface area contributed by atoms with Crippen molar-refractivity contribution in [1.29, 1.82) is 0 Å². The molecule has 0 saturated heterocycles. The number of aryl methyl sites for hydroxylation is 1. The van der Waals surface area contributed by atoms with Crippen molar-refractivity contribution in [3.8, 4) is 16.9 Å². The highest BCUT2D eigenvalue weighted by Gasteiger charge is 2.16. The Kier molecular flexibility index (Phi) is 6.01. The van der Waals surface area contributed by atoms with Crippen LogP contribution in [0.3, 0.4) is 0 Å². The molecule has 0 bridgehead atoms. The van der Waals surface area contributed by atoms with Gasteiger partial charge in [0.05, 0.1) is 23.3 Å². The Morgan fingerprint density at radius 2 is 1.91 bits per heavy atom. The van der Waals surface area contributed by atoms with Gasteiger partial charge in [-0.15, -0.1) is 0 Å². The first-order chi connectivity index (χ1) is 15.4. The van der Waals surface area contributed by atoms with Crippen molar-refractivity contribution >= 4 is 34.0 Å². The number of benzene rings is 2. The van der Waals surface area contributed by atoms with Gasteiger partial charge in [-0.05, 0) is 42.8 Å². The molecule has 0 saturated carbocycles. The van der Waals surface area contributed by atoms with E-state index in [-0.39, 0.29) is 16.3 Å². The number of fused-ring (bicyclic) bond motifs is 1. The van der Waals surface area contributed by atoms with E-state index in [2.05, 4.69) is 10.3 Å². The van der Waals surface area contributed by atoms with Crippen LogP contribution in [0.1, 0.15) is 12.5 Å². The lowest BCUT2D eigenvalue weighted by Gasteiger charge is -2.14. The van der Waals surface area contributed by atoms with Crippen molar-refractivity contribution in [2.45, 2.75) is 20.0 Å². The van der Waals surface area contributed by atoms with Gasteiger partial charge in [-0.1, -0.05) is 23.7 Å². The van der Waals surface area contributed by atoms with Crippen LogP contribution in [0.5, 0.6) is 5.75 Å². The summed E-state index contributed by atoms with van der Waals surface area (Å²) in [5.41, 5.74) is 7.94. The standard InChI is InChI=1S/C24H22ClFN4O2/c1-3-30-22-11-23(28-12-14-4-6-16(32-2)7-5-14)29-13-15(22)8-18(24(30)31)17-9-21(27)20(26)10-19(17)25/h4-11,13H,3,12,27H2,1-2H3,(H,28,29). The molecule has 2 aromatic carbocycles. The number of anilines is 2. The number of nitrogens with two attached hydrogens (primary N) is 1. The predicted octanol–water partition coefficient (Wildman–Crippen LogP) is 5.08. The summed E-state index contributed by atoms with van der Waals surface area (Å²) in [4.78, 5) is 17.7. The molecule has 0 amide bonds.